The minimum atomic E-state index is -4.88. The van der Waals surface area contributed by atoms with Crippen molar-refractivity contribution in [2.75, 3.05) is 6.54 Å². The molecule has 5 aromatic heterocycles. The molecule has 6 heterocycles. The Balaban J connectivity index is 1.22. The van der Waals surface area contributed by atoms with Crippen molar-refractivity contribution < 1.29 is 49.8 Å². The van der Waals surface area contributed by atoms with E-state index >= 15 is 8.78 Å². The highest BCUT2D eigenvalue weighted by Crippen LogP contribution is 2.36. The summed E-state index contributed by atoms with van der Waals surface area (Å²) in [7, 11) is 1.39. The molecule has 0 radical (unpaired) electrons. The van der Waals surface area contributed by atoms with E-state index in [4.69, 9.17) is 0 Å². The van der Waals surface area contributed by atoms with Crippen molar-refractivity contribution in [3.05, 3.63) is 94.8 Å². The Morgan fingerprint density at radius 2 is 1.68 bits per heavy atom. The van der Waals surface area contributed by atoms with Crippen LogP contribution in [0.3, 0.4) is 0 Å². The monoisotopic (exact) mass is 845 g/mol. The van der Waals surface area contributed by atoms with Crippen LogP contribution in [0.5, 0.6) is 0 Å². The zero-order valence-electron chi connectivity index (χ0n) is 32.4. The zero-order chi connectivity index (χ0) is 43.6. The number of hydrogen-bond donors (Lipinski definition) is 2. The molecule has 0 aliphatic carbocycles. The van der Waals surface area contributed by atoms with Crippen LogP contribution in [0, 0.1) is 17.6 Å². The van der Waals surface area contributed by atoms with Crippen LogP contribution < -0.4 is 5.32 Å². The first kappa shape index (κ1) is 41.8. The first-order chi connectivity index (χ1) is 28.0. The van der Waals surface area contributed by atoms with Gasteiger partial charge in [0.15, 0.2) is 17.3 Å². The summed E-state index contributed by atoms with van der Waals surface area (Å²) in [6, 6.07) is 2.31. The molecule has 2 N–H and O–H groups in total. The number of fused-ring (bicyclic) bond motifs is 2. The maximum atomic E-state index is 15.7. The number of hydrogen-bond acceptors (Lipinski definition) is 9. The third-order valence-corrected chi connectivity index (χ3v) is 9.87. The number of carbonyl (C=O) groups excluding carboxylic acids is 2. The molecule has 14 nitrogen and oxygen atoms in total. The number of halogens is 8. The van der Waals surface area contributed by atoms with Crippen molar-refractivity contribution in [1.82, 2.24) is 54.5 Å². The van der Waals surface area contributed by atoms with Gasteiger partial charge in [-0.3, -0.25) is 19.0 Å². The first-order valence-electron chi connectivity index (χ1n) is 18.2. The van der Waals surface area contributed by atoms with Gasteiger partial charge in [0.05, 0.1) is 35.1 Å². The van der Waals surface area contributed by atoms with Crippen molar-refractivity contribution in [3.63, 3.8) is 0 Å². The van der Waals surface area contributed by atoms with E-state index in [0.717, 1.165) is 44.9 Å². The largest absolute Gasteiger partial charge is 0.435 e. The van der Waals surface area contributed by atoms with Gasteiger partial charge in [0.1, 0.15) is 28.7 Å². The van der Waals surface area contributed by atoms with E-state index < -0.39 is 83.5 Å². The Hall–Kier alpha value is -6.32. The van der Waals surface area contributed by atoms with Crippen LogP contribution in [0.15, 0.2) is 49.1 Å². The van der Waals surface area contributed by atoms with Crippen molar-refractivity contribution in [2.24, 2.45) is 7.05 Å². The van der Waals surface area contributed by atoms with Gasteiger partial charge in [0.2, 0.25) is 5.91 Å². The molecule has 6 aromatic rings. The maximum absolute atomic E-state index is 15.7. The summed E-state index contributed by atoms with van der Waals surface area (Å²) in [5.74, 6) is -4.85. The third-order valence-electron chi connectivity index (χ3n) is 9.87. The van der Waals surface area contributed by atoms with E-state index in [1.54, 1.807) is 0 Å². The van der Waals surface area contributed by atoms with Gasteiger partial charge in [-0.2, -0.15) is 36.5 Å². The Bertz CT molecular complexity index is 2630. The number of nitrogens with zero attached hydrogens (tertiary/aromatic N) is 10. The molecule has 22 heteroatoms. The first-order valence-corrected chi connectivity index (χ1v) is 18.2. The van der Waals surface area contributed by atoms with E-state index in [-0.39, 0.29) is 63.5 Å². The molecule has 1 aliphatic heterocycles. The number of nitrogens with one attached hydrogen (secondary N) is 1. The fourth-order valence-electron chi connectivity index (χ4n) is 7.08. The fraction of sp³-hybridized carbons (Fsp3) is 0.368. The van der Waals surface area contributed by atoms with Gasteiger partial charge < -0.3 is 15.3 Å². The van der Waals surface area contributed by atoms with Gasteiger partial charge in [-0.1, -0.05) is 0 Å². The van der Waals surface area contributed by atoms with Gasteiger partial charge in [0, 0.05) is 55.8 Å². The second-order valence-corrected chi connectivity index (χ2v) is 15.4. The van der Waals surface area contributed by atoms with Gasteiger partial charge in [-0.15, -0.1) is 5.10 Å². The van der Waals surface area contributed by atoms with Crippen LogP contribution in [0.4, 0.5) is 35.1 Å². The lowest BCUT2D eigenvalue weighted by molar-refractivity contribution is -0.141. The minimum absolute atomic E-state index is 0.00235. The second kappa shape index (κ2) is 15.1. The number of pyridine rings is 1. The molecule has 1 aromatic carbocycles. The molecule has 0 spiro atoms. The molecule has 1 aliphatic rings. The van der Waals surface area contributed by atoms with Gasteiger partial charge in [-0.05, 0) is 63.4 Å². The van der Waals surface area contributed by atoms with E-state index in [1.165, 1.54) is 53.2 Å². The minimum Gasteiger partial charge on any atom is -0.382 e. The highest BCUT2D eigenvalue weighted by atomic mass is 19.4. The summed E-state index contributed by atoms with van der Waals surface area (Å²) in [6.07, 6.45) is -1.03. The lowest BCUT2D eigenvalue weighted by atomic mass is 9.90. The molecule has 7 rings (SSSR count). The summed E-state index contributed by atoms with van der Waals surface area (Å²) in [4.78, 5) is 41.9. The van der Waals surface area contributed by atoms with E-state index in [9.17, 15) is 41.0 Å². The molecule has 0 saturated carbocycles. The molecule has 316 valence electrons. The van der Waals surface area contributed by atoms with Gasteiger partial charge in [-0.25, -0.2) is 28.4 Å². The average Bonchev–Trinajstić information content (AvgIpc) is 3.87. The highest BCUT2D eigenvalue weighted by molar-refractivity contribution is 6.01. The molecular formula is C38H35F8N11O3. The van der Waals surface area contributed by atoms with Crippen LogP contribution >= 0.6 is 0 Å². The SMILES string of the molecule is Cn1nc(F)c2nc(-c3ccc(F)c4c3CCN([C@H](Cc3cnn(C(F)F)c3)C(=O)NC(C)(C)Cn3nc(C(F)(F)F)cc3-c3cnc(C(C)(C)O)nc3)C4=O)c(F)cc21. The Kier molecular flexibility index (Phi) is 10.5. The number of aryl methyl sites for hydroxylation is 1. The van der Waals surface area contributed by atoms with Gasteiger partial charge >= 0.3 is 12.7 Å². The Morgan fingerprint density at radius 3 is 2.32 bits per heavy atom. The number of rotatable bonds is 11. The highest BCUT2D eigenvalue weighted by Gasteiger charge is 2.40. The van der Waals surface area contributed by atoms with Crippen molar-refractivity contribution in [2.45, 2.75) is 77.0 Å². The zero-order valence-corrected chi connectivity index (χ0v) is 32.4. The van der Waals surface area contributed by atoms with Crippen LogP contribution in [-0.2, 0) is 43.0 Å². The summed E-state index contributed by atoms with van der Waals surface area (Å²) in [5, 5.41) is 23.9. The normalized spacial score (nSPS) is 14.3. The molecule has 2 amide bonds. The molecule has 1 atom stereocenters. The lowest BCUT2D eigenvalue weighted by Gasteiger charge is -2.37. The fourth-order valence-corrected chi connectivity index (χ4v) is 7.08. The van der Waals surface area contributed by atoms with E-state index in [0.29, 0.717) is 4.68 Å². The molecule has 0 unspecified atom stereocenters. The Morgan fingerprint density at radius 1 is 0.983 bits per heavy atom. The average molecular weight is 846 g/mol. The predicted molar refractivity (Wildman–Crippen MR) is 195 cm³/mol. The number of carbonyl (C=O) groups is 2. The third kappa shape index (κ3) is 8.02. The molecular weight excluding hydrogens is 810 g/mol. The van der Waals surface area contributed by atoms with Crippen molar-refractivity contribution in [1.29, 1.82) is 0 Å². The smallest absolute Gasteiger partial charge is 0.382 e. The molecule has 0 fully saturated rings. The van der Waals surface area contributed by atoms with Crippen LogP contribution in [0.25, 0.3) is 33.5 Å². The van der Waals surface area contributed by atoms with E-state index in [1.807, 2.05) is 0 Å². The number of aliphatic hydroxyl groups is 1. The quantitative estimate of drug-likeness (QED) is 0.155. The molecule has 0 bridgehead atoms. The van der Waals surface area contributed by atoms with Crippen LogP contribution in [-0.4, -0.2) is 84.2 Å². The number of amides is 2. The van der Waals surface area contributed by atoms with Crippen LogP contribution in [0.1, 0.15) is 67.2 Å². The standard InChI is InChI=1S/C38H35F8N11O3/c1-36(2,17-57-24(12-27(52-57)38(44,45)46)19-14-47-34(48-15-19)37(3,4)60)51-32(58)26(10-18-13-49-56(16-18)35(42)43)55-9-8-20-21(6-7-22(39)28(20)33(55)59)29-23(40)11-25-30(50-29)31(41)53-54(25)5/h6-7,11-16,26,35,60H,8-10,17H2,1-5H3,(H,51,58)/t26-/m1/s1. The summed E-state index contributed by atoms with van der Waals surface area (Å²) in [6.45, 7) is 2.05. The van der Waals surface area contributed by atoms with E-state index in [2.05, 4.69) is 35.6 Å². The summed E-state index contributed by atoms with van der Waals surface area (Å²) < 4.78 is 117. The van der Waals surface area contributed by atoms with Crippen LogP contribution in [0.2, 0.25) is 0 Å². The topological polar surface area (TPSA) is 162 Å². The summed E-state index contributed by atoms with van der Waals surface area (Å²) in [5.41, 5.74) is -5.22. The molecule has 0 saturated heterocycles. The second-order valence-electron chi connectivity index (χ2n) is 15.4. The Labute approximate surface area is 334 Å². The van der Waals surface area contributed by atoms with Crippen molar-refractivity contribution >= 4 is 22.8 Å². The number of benzene rings is 1. The lowest BCUT2D eigenvalue weighted by Crippen LogP contribution is -2.58. The number of alkyl halides is 5. The molecule has 60 heavy (non-hydrogen) atoms. The maximum Gasteiger partial charge on any atom is 0.435 e. The number of aromatic nitrogens is 9. The van der Waals surface area contributed by atoms with Gasteiger partial charge in [0.25, 0.3) is 11.9 Å². The van der Waals surface area contributed by atoms with Crippen molar-refractivity contribution in [3.8, 4) is 22.5 Å². The summed E-state index contributed by atoms with van der Waals surface area (Å²) >= 11 is 0. The predicted octanol–water partition coefficient (Wildman–Crippen LogP) is 5.75.